The first-order valence-corrected chi connectivity index (χ1v) is 5.47. The van der Waals surface area contributed by atoms with Crippen molar-refractivity contribution >= 4 is 22.1 Å². The van der Waals surface area contributed by atoms with Gasteiger partial charge < -0.3 is 9.84 Å². The van der Waals surface area contributed by atoms with Crippen LogP contribution in [0, 0.1) is 0 Å². The second-order valence-corrected chi connectivity index (χ2v) is 3.96. The maximum Gasteiger partial charge on any atom is 0.370 e. The molecule has 0 saturated heterocycles. The molecule has 0 saturated carbocycles. The summed E-state index contributed by atoms with van der Waals surface area (Å²) in [6.07, 6.45) is 0. The molecule has 0 radical (unpaired) electrons. The highest BCUT2D eigenvalue weighted by molar-refractivity contribution is 5.82. The minimum atomic E-state index is 0.0834. The molecular formula is C13H12N2O3+2. The Bertz CT molecular complexity index is 756. The molecule has 2 aromatic carbocycles. The first kappa shape index (κ1) is 10.6. The van der Waals surface area contributed by atoms with Gasteiger partial charge in [-0.15, -0.1) is 0 Å². The Balaban J connectivity index is 2.57. The van der Waals surface area contributed by atoms with Crippen LogP contribution in [0.25, 0.3) is 22.1 Å². The zero-order chi connectivity index (χ0) is 12.7. The summed E-state index contributed by atoms with van der Waals surface area (Å²) in [6.45, 7) is 0. The number of nitrogens with one attached hydrogen (secondary N) is 1. The SMILES string of the molecule is COc1cccc2[nH+]c3c(O)cccc3[n+](O)c12. The summed E-state index contributed by atoms with van der Waals surface area (Å²) in [5, 5.41) is 20.0. The third-order valence-electron chi connectivity index (χ3n) is 2.94. The second-order valence-electron chi connectivity index (χ2n) is 3.96. The fraction of sp³-hybridized carbons (Fsp3) is 0.0769. The third-order valence-corrected chi connectivity index (χ3v) is 2.94. The van der Waals surface area contributed by atoms with Crippen LogP contribution >= 0.6 is 0 Å². The number of phenolic OH excluding ortho intramolecular Hbond substituents is 1. The van der Waals surface area contributed by atoms with E-state index in [0.29, 0.717) is 27.8 Å². The Morgan fingerprint density at radius 3 is 2.72 bits per heavy atom. The van der Waals surface area contributed by atoms with Crippen LogP contribution in [-0.2, 0) is 0 Å². The molecule has 3 aromatic rings. The van der Waals surface area contributed by atoms with Gasteiger partial charge >= 0.3 is 16.6 Å². The molecule has 90 valence electrons. The van der Waals surface area contributed by atoms with Crippen molar-refractivity contribution in [3.63, 3.8) is 0 Å². The number of ether oxygens (including phenoxy) is 1. The summed E-state index contributed by atoms with van der Waals surface area (Å²) in [4.78, 5) is 3.08. The van der Waals surface area contributed by atoms with Crippen LogP contribution in [0.5, 0.6) is 11.5 Å². The summed E-state index contributed by atoms with van der Waals surface area (Å²) < 4.78 is 6.24. The second kappa shape index (κ2) is 3.73. The minimum absolute atomic E-state index is 0.0834. The average Bonchev–Trinajstić information content (AvgIpc) is 2.39. The smallest absolute Gasteiger partial charge is 0.370 e. The maximum absolute atomic E-state index is 10.3. The fourth-order valence-electron chi connectivity index (χ4n) is 2.09. The molecule has 0 spiro atoms. The van der Waals surface area contributed by atoms with Gasteiger partial charge in [-0.1, -0.05) is 12.1 Å². The largest absolute Gasteiger partial charge is 0.502 e. The standard InChI is InChI=1S/C13H10N2O3/c1-18-11-7-2-4-8-13(11)15(17)9-5-3-6-10(16)12(9)14-8/h2-7,17H,1H3/p+2. The van der Waals surface area contributed by atoms with Crippen molar-refractivity contribution in [2.24, 2.45) is 0 Å². The molecular weight excluding hydrogens is 232 g/mol. The minimum Gasteiger partial charge on any atom is -0.502 e. The van der Waals surface area contributed by atoms with Crippen molar-refractivity contribution in [2.45, 2.75) is 0 Å². The molecule has 0 aliphatic rings. The van der Waals surface area contributed by atoms with Crippen LogP contribution < -0.4 is 14.5 Å². The number of aromatic nitrogens is 2. The summed E-state index contributed by atoms with van der Waals surface area (Å²) in [5.74, 6) is 0.636. The van der Waals surface area contributed by atoms with Gasteiger partial charge in [0.1, 0.15) is 0 Å². The van der Waals surface area contributed by atoms with Crippen molar-refractivity contribution in [2.75, 3.05) is 7.11 Å². The van der Waals surface area contributed by atoms with E-state index in [4.69, 9.17) is 4.74 Å². The summed E-state index contributed by atoms with van der Waals surface area (Å²) in [6, 6.07) is 10.3. The highest BCUT2D eigenvalue weighted by Gasteiger charge is 2.27. The number of benzene rings is 2. The van der Waals surface area contributed by atoms with Gasteiger partial charge in [-0.25, -0.2) is 0 Å². The molecule has 3 N–H and O–H groups in total. The average molecular weight is 244 g/mol. The van der Waals surface area contributed by atoms with Gasteiger partial charge in [0, 0.05) is 16.9 Å². The molecule has 0 amide bonds. The summed E-state index contributed by atoms with van der Waals surface area (Å²) >= 11 is 0. The molecule has 0 aliphatic heterocycles. The normalized spacial score (nSPS) is 10.9. The van der Waals surface area contributed by atoms with Crippen molar-refractivity contribution < 1.29 is 24.8 Å². The molecule has 5 nitrogen and oxygen atoms in total. The predicted octanol–water partition coefficient (Wildman–Crippen LogP) is 1.05. The number of aromatic hydroxyl groups is 1. The highest BCUT2D eigenvalue weighted by atomic mass is 16.5. The van der Waals surface area contributed by atoms with E-state index < -0.39 is 0 Å². The van der Waals surface area contributed by atoms with Crippen LogP contribution in [-0.4, -0.2) is 17.4 Å². The number of aromatic amines is 1. The number of hydrogen-bond acceptors (Lipinski definition) is 3. The van der Waals surface area contributed by atoms with Crippen molar-refractivity contribution in [1.29, 1.82) is 0 Å². The topological polar surface area (TPSA) is 67.7 Å². The monoisotopic (exact) mass is 244 g/mol. The van der Waals surface area contributed by atoms with Crippen LogP contribution in [0.15, 0.2) is 36.4 Å². The lowest BCUT2D eigenvalue weighted by Crippen LogP contribution is -2.35. The van der Waals surface area contributed by atoms with Crippen molar-refractivity contribution in [3.8, 4) is 11.5 Å². The number of H-pyrrole nitrogens is 1. The van der Waals surface area contributed by atoms with E-state index in [9.17, 15) is 10.3 Å². The molecule has 0 bridgehead atoms. The molecule has 1 aromatic heterocycles. The summed E-state index contributed by atoms with van der Waals surface area (Å²) in [7, 11) is 1.54. The van der Waals surface area contributed by atoms with E-state index in [-0.39, 0.29) is 5.75 Å². The van der Waals surface area contributed by atoms with E-state index >= 15 is 0 Å². The number of nitrogens with zero attached hydrogens (tertiary/aromatic N) is 1. The van der Waals surface area contributed by atoms with Crippen LogP contribution in [0.2, 0.25) is 0 Å². The highest BCUT2D eigenvalue weighted by Crippen LogP contribution is 2.23. The van der Waals surface area contributed by atoms with Gasteiger partial charge in [0.25, 0.3) is 5.52 Å². The van der Waals surface area contributed by atoms with Gasteiger partial charge in [0.15, 0.2) is 5.75 Å². The molecule has 3 rings (SSSR count). The lowest BCUT2D eigenvalue weighted by molar-refractivity contribution is -0.866. The molecule has 5 heteroatoms. The third kappa shape index (κ3) is 1.34. The molecule has 1 heterocycles. The van der Waals surface area contributed by atoms with Gasteiger partial charge in [0.2, 0.25) is 5.75 Å². The van der Waals surface area contributed by atoms with Crippen LogP contribution in [0.1, 0.15) is 0 Å². The van der Waals surface area contributed by atoms with E-state index in [1.807, 2.05) is 6.07 Å². The lowest BCUT2D eigenvalue weighted by atomic mass is 10.2. The Kier molecular flexibility index (Phi) is 2.19. The summed E-state index contributed by atoms with van der Waals surface area (Å²) in [5.41, 5.74) is 2.15. The van der Waals surface area contributed by atoms with E-state index in [0.717, 1.165) is 4.73 Å². The Labute approximate surface area is 102 Å². The van der Waals surface area contributed by atoms with E-state index in [1.165, 1.54) is 0 Å². The predicted molar refractivity (Wildman–Crippen MR) is 63.6 cm³/mol. The van der Waals surface area contributed by atoms with E-state index in [1.54, 1.807) is 37.4 Å². The molecule has 18 heavy (non-hydrogen) atoms. The van der Waals surface area contributed by atoms with Gasteiger partial charge in [-0.05, 0) is 12.1 Å². The Hall–Kier alpha value is -2.56. The number of para-hydroxylation sites is 2. The number of phenols is 1. The Morgan fingerprint density at radius 1 is 1.17 bits per heavy atom. The quantitative estimate of drug-likeness (QED) is 0.382. The first-order chi connectivity index (χ1) is 8.72. The zero-order valence-corrected chi connectivity index (χ0v) is 9.71. The maximum atomic E-state index is 10.3. The van der Waals surface area contributed by atoms with Crippen molar-refractivity contribution in [1.82, 2.24) is 0 Å². The number of rotatable bonds is 1. The van der Waals surface area contributed by atoms with Gasteiger partial charge in [-0.3, -0.25) is 5.21 Å². The zero-order valence-electron chi connectivity index (χ0n) is 9.71. The van der Waals surface area contributed by atoms with E-state index in [2.05, 4.69) is 4.98 Å². The lowest BCUT2D eigenvalue weighted by Gasteiger charge is -1.99. The molecule has 0 atom stereocenters. The van der Waals surface area contributed by atoms with Crippen molar-refractivity contribution in [3.05, 3.63) is 36.4 Å². The molecule has 0 fully saturated rings. The number of methoxy groups -OCH3 is 1. The number of fused-ring (bicyclic) bond motifs is 2. The fourth-order valence-corrected chi connectivity index (χ4v) is 2.09. The molecule has 0 aliphatic carbocycles. The van der Waals surface area contributed by atoms with Gasteiger partial charge in [-0.2, -0.15) is 4.98 Å². The number of hydrogen-bond donors (Lipinski definition) is 2. The Morgan fingerprint density at radius 2 is 1.94 bits per heavy atom. The van der Waals surface area contributed by atoms with Crippen LogP contribution in [0.4, 0.5) is 0 Å². The molecule has 0 unspecified atom stereocenters. The van der Waals surface area contributed by atoms with Gasteiger partial charge in [0.05, 0.1) is 7.11 Å². The van der Waals surface area contributed by atoms with Crippen LogP contribution in [0.3, 0.4) is 0 Å². The first-order valence-electron chi connectivity index (χ1n) is 5.47.